The lowest BCUT2D eigenvalue weighted by atomic mass is 10.3. The van der Waals surface area contributed by atoms with Crippen molar-refractivity contribution in [3.63, 3.8) is 0 Å². The molecule has 5 nitrogen and oxygen atoms in total. The molecule has 0 aromatic carbocycles. The Kier molecular flexibility index (Phi) is 4.11. The first-order valence-electron chi connectivity index (χ1n) is 4.46. The van der Waals surface area contributed by atoms with Crippen molar-refractivity contribution in [1.29, 1.82) is 0 Å². The van der Waals surface area contributed by atoms with Gasteiger partial charge in [-0.15, -0.1) is 11.3 Å². The van der Waals surface area contributed by atoms with E-state index in [-0.39, 0.29) is 6.61 Å². The summed E-state index contributed by atoms with van der Waals surface area (Å²) in [4.78, 5) is 22.4. The minimum Gasteiger partial charge on any atom is -0.449 e. The van der Waals surface area contributed by atoms with Gasteiger partial charge in [0.05, 0.1) is 17.2 Å². The summed E-state index contributed by atoms with van der Waals surface area (Å²) in [5.74, 6) is -0.533. The van der Waals surface area contributed by atoms with Gasteiger partial charge < -0.3 is 10.5 Å². The predicted molar refractivity (Wildman–Crippen MR) is 57.8 cm³/mol. The molecule has 0 radical (unpaired) electrons. The third kappa shape index (κ3) is 3.25. The maximum absolute atomic E-state index is 11.4. The number of imide groups is 1. The Morgan fingerprint density at radius 1 is 1.60 bits per heavy atom. The van der Waals surface area contributed by atoms with Crippen LogP contribution in [0.4, 0.5) is 9.80 Å². The van der Waals surface area contributed by atoms with Crippen molar-refractivity contribution in [3.8, 4) is 0 Å². The number of anilines is 1. The number of alkyl carbamates (subject to hydrolysis) is 1. The average molecular weight is 228 g/mol. The lowest BCUT2D eigenvalue weighted by Crippen LogP contribution is -2.31. The molecule has 0 saturated heterocycles. The number of carbonyl (C=O) groups excluding carboxylic acids is 2. The number of ether oxygens (including phenoxy) is 1. The molecule has 82 valence electrons. The van der Waals surface area contributed by atoms with E-state index in [1.807, 2.05) is 6.92 Å². The smallest absolute Gasteiger partial charge is 0.414 e. The van der Waals surface area contributed by atoms with Gasteiger partial charge in [0.15, 0.2) is 0 Å². The van der Waals surface area contributed by atoms with E-state index in [4.69, 9.17) is 10.5 Å². The van der Waals surface area contributed by atoms with Crippen LogP contribution >= 0.6 is 11.3 Å². The second-order valence-electron chi connectivity index (χ2n) is 2.79. The molecular formula is C9H12N2O3S. The van der Waals surface area contributed by atoms with Crippen molar-refractivity contribution in [2.24, 2.45) is 0 Å². The lowest BCUT2D eigenvalue weighted by molar-refractivity contribution is 0.0921. The molecule has 6 heteroatoms. The number of hydrogen-bond donors (Lipinski definition) is 2. The molecule has 0 bridgehead atoms. The van der Waals surface area contributed by atoms with E-state index < -0.39 is 12.0 Å². The van der Waals surface area contributed by atoms with Crippen LogP contribution in [0.2, 0.25) is 0 Å². The van der Waals surface area contributed by atoms with Gasteiger partial charge in [-0.3, -0.25) is 10.1 Å². The SMILES string of the molecule is CCCOC(=O)NC(=O)c1ccsc1N. The van der Waals surface area contributed by atoms with Crippen LogP contribution in [0.15, 0.2) is 11.4 Å². The van der Waals surface area contributed by atoms with Gasteiger partial charge in [-0.05, 0) is 17.9 Å². The van der Waals surface area contributed by atoms with Gasteiger partial charge in [0.25, 0.3) is 5.91 Å². The van der Waals surface area contributed by atoms with Gasteiger partial charge >= 0.3 is 6.09 Å². The first kappa shape index (κ1) is 11.5. The van der Waals surface area contributed by atoms with Crippen LogP contribution in [0.3, 0.4) is 0 Å². The summed E-state index contributed by atoms with van der Waals surface area (Å²) < 4.78 is 4.69. The number of hydrogen-bond acceptors (Lipinski definition) is 5. The van der Waals surface area contributed by atoms with Crippen molar-refractivity contribution in [2.45, 2.75) is 13.3 Å². The summed E-state index contributed by atoms with van der Waals surface area (Å²) in [5.41, 5.74) is 5.82. The zero-order valence-electron chi connectivity index (χ0n) is 8.28. The van der Waals surface area contributed by atoms with Crippen LogP contribution in [0.25, 0.3) is 0 Å². The van der Waals surface area contributed by atoms with Crippen LogP contribution in [-0.4, -0.2) is 18.6 Å². The summed E-state index contributed by atoms with van der Waals surface area (Å²) in [6.07, 6.45) is -0.0326. The number of rotatable bonds is 3. The summed E-state index contributed by atoms with van der Waals surface area (Å²) in [7, 11) is 0. The minimum absolute atomic E-state index is 0.290. The second kappa shape index (κ2) is 5.35. The molecule has 15 heavy (non-hydrogen) atoms. The fourth-order valence-corrected chi connectivity index (χ4v) is 1.54. The summed E-state index contributed by atoms with van der Waals surface area (Å²) in [6, 6.07) is 1.56. The highest BCUT2D eigenvalue weighted by Crippen LogP contribution is 2.18. The largest absolute Gasteiger partial charge is 0.449 e. The second-order valence-corrected chi connectivity index (χ2v) is 3.74. The molecule has 0 atom stereocenters. The van der Waals surface area contributed by atoms with Gasteiger partial charge in [-0.25, -0.2) is 4.79 Å². The number of thiophene rings is 1. The van der Waals surface area contributed by atoms with E-state index in [9.17, 15) is 9.59 Å². The fourth-order valence-electron chi connectivity index (χ4n) is 0.899. The molecule has 0 aliphatic heterocycles. The predicted octanol–water partition coefficient (Wildman–Crippen LogP) is 1.61. The topological polar surface area (TPSA) is 81.4 Å². The van der Waals surface area contributed by atoms with Crippen LogP contribution in [-0.2, 0) is 4.74 Å². The zero-order chi connectivity index (χ0) is 11.3. The molecule has 0 fully saturated rings. The third-order valence-corrected chi connectivity index (χ3v) is 2.34. The lowest BCUT2D eigenvalue weighted by Gasteiger charge is -2.03. The number of nitrogen functional groups attached to an aromatic ring is 1. The van der Waals surface area contributed by atoms with Gasteiger partial charge in [-0.1, -0.05) is 6.92 Å². The molecule has 0 unspecified atom stereocenters. The Morgan fingerprint density at radius 2 is 2.33 bits per heavy atom. The molecule has 3 N–H and O–H groups in total. The number of carbonyl (C=O) groups is 2. The van der Waals surface area contributed by atoms with Crippen LogP contribution in [0.5, 0.6) is 0 Å². The van der Waals surface area contributed by atoms with Crippen molar-refractivity contribution in [1.82, 2.24) is 5.32 Å². The van der Waals surface area contributed by atoms with Crippen LogP contribution in [0.1, 0.15) is 23.7 Å². The summed E-state index contributed by atoms with van der Waals surface area (Å²) >= 11 is 1.24. The molecule has 1 aromatic heterocycles. The van der Waals surface area contributed by atoms with Crippen LogP contribution < -0.4 is 11.1 Å². The van der Waals surface area contributed by atoms with E-state index in [1.165, 1.54) is 11.3 Å². The highest BCUT2D eigenvalue weighted by molar-refractivity contribution is 7.14. The Balaban J connectivity index is 2.49. The molecule has 1 rings (SSSR count). The minimum atomic E-state index is -0.743. The average Bonchev–Trinajstić information content (AvgIpc) is 2.61. The zero-order valence-corrected chi connectivity index (χ0v) is 9.10. The highest BCUT2D eigenvalue weighted by Gasteiger charge is 2.14. The first-order chi connectivity index (χ1) is 7.15. The Morgan fingerprint density at radius 3 is 2.87 bits per heavy atom. The normalized spacial score (nSPS) is 9.67. The maximum Gasteiger partial charge on any atom is 0.414 e. The standard InChI is InChI=1S/C9H12N2O3S/c1-2-4-14-9(13)11-8(12)6-3-5-15-7(6)10/h3,5H,2,4,10H2,1H3,(H,11,12,13). The van der Waals surface area contributed by atoms with Crippen molar-refractivity contribution < 1.29 is 14.3 Å². The molecule has 1 aromatic rings. The van der Waals surface area contributed by atoms with Gasteiger partial charge in [0.1, 0.15) is 0 Å². The van der Waals surface area contributed by atoms with E-state index in [0.29, 0.717) is 17.0 Å². The van der Waals surface area contributed by atoms with E-state index >= 15 is 0 Å². The van der Waals surface area contributed by atoms with E-state index in [1.54, 1.807) is 11.4 Å². The van der Waals surface area contributed by atoms with Crippen molar-refractivity contribution in [2.75, 3.05) is 12.3 Å². The summed E-state index contributed by atoms with van der Waals surface area (Å²) in [5, 5.41) is 4.15. The molecular weight excluding hydrogens is 216 g/mol. The Labute approximate surface area is 91.2 Å². The van der Waals surface area contributed by atoms with Gasteiger partial charge in [0, 0.05) is 0 Å². The number of amides is 2. The first-order valence-corrected chi connectivity index (χ1v) is 5.34. The number of nitrogens with one attached hydrogen (secondary N) is 1. The Hall–Kier alpha value is -1.56. The van der Waals surface area contributed by atoms with Crippen LogP contribution in [0, 0.1) is 0 Å². The molecule has 0 saturated carbocycles. The van der Waals surface area contributed by atoms with Crippen molar-refractivity contribution >= 4 is 28.3 Å². The summed E-state index contributed by atoms with van der Waals surface area (Å²) in [6.45, 7) is 2.16. The van der Waals surface area contributed by atoms with E-state index in [0.717, 1.165) is 0 Å². The number of nitrogens with two attached hydrogens (primary N) is 1. The molecule has 0 spiro atoms. The quantitative estimate of drug-likeness (QED) is 0.823. The Bertz CT molecular complexity index is 362. The highest BCUT2D eigenvalue weighted by atomic mass is 32.1. The molecule has 1 heterocycles. The van der Waals surface area contributed by atoms with Crippen molar-refractivity contribution in [3.05, 3.63) is 17.0 Å². The monoisotopic (exact) mass is 228 g/mol. The molecule has 0 aliphatic rings. The maximum atomic E-state index is 11.4. The molecule has 2 amide bonds. The third-order valence-electron chi connectivity index (χ3n) is 1.59. The van der Waals surface area contributed by atoms with E-state index in [2.05, 4.69) is 5.32 Å². The fraction of sp³-hybridized carbons (Fsp3) is 0.333. The van der Waals surface area contributed by atoms with Gasteiger partial charge in [0.2, 0.25) is 0 Å². The van der Waals surface area contributed by atoms with Gasteiger partial charge in [-0.2, -0.15) is 0 Å². The molecule has 0 aliphatic carbocycles.